The second-order valence-corrected chi connectivity index (χ2v) is 5.60. The van der Waals surface area contributed by atoms with Gasteiger partial charge in [-0.25, -0.2) is 0 Å². The van der Waals surface area contributed by atoms with E-state index in [0.29, 0.717) is 12.3 Å². The third-order valence-corrected chi connectivity index (χ3v) is 4.43. The first kappa shape index (κ1) is 11.8. The molecule has 1 aliphatic rings. The van der Waals surface area contributed by atoms with E-state index in [2.05, 4.69) is 0 Å². The summed E-state index contributed by atoms with van der Waals surface area (Å²) in [6, 6.07) is 9.45. The zero-order chi connectivity index (χ0) is 12.8. The van der Waals surface area contributed by atoms with Crippen molar-refractivity contribution in [3.63, 3.8) is 0 Å². The van der Waals surface area contributed by atoms with E-state index in [-0.39, 0.29) is 5.41 Å². The zero-order valence-electron chi connectivity index (χ0n) is 10.1. The molecule has 1 saturated carbocycles. The summed E-state index contributed by atoms with van der Waals surface area (Å²) < 4.78 is 0. The van der Waals surface area contributed by atoms with Crippen LogP contribution < -0.4 is 5.73 Å². The maximum Gasteiger partial charge on any atom is 0.120 e. The normalized spacial score (nSPS) is 17.7. The molecule has 0 atom stereocenters. The number of phenols is 1. The lowest BCUT2D eigenvalue weighted by atomic mass is 9.63. The number of phenolic OH excluding ortho intramolecular Hbond substituents is 1. The summed E-state index contributed by atoms with van der Waals surface area (Å²) in [5.41, 5.74) is 6.91. The number of halogens is 1. The van der Waals surface area contributed by atoms with Gasteiger partial charge in [0.05, 0.1) is 0 Å². The molecule has 0 aromatic heterocycles. The van der Waals surface area contributed by atoms with Crippen molar-refractivity contribution in [3.8, 4) is 5.75 Å². The van der Waals surface area contributed by atoms with Crippen LogP contribution in [0.15, 0.2) is 30.3 Å². The topological polar surface area (TPSA) is 46.2 Å². The highest BCUT2D eigenvalue weighted by Gasteiger charge is 2.40. The van der Waals surface area contributed by atoms with E-state index in [0.717, 1.165) is 34.2 Å². The van der Waals surface area contributed by atoms with Gasteiger partial charge in [0.15, 0.2) is 0 Å². The highest BCUT2D eigenvalue weighted by Crippen LogP contribution is 2.49. The molecule has 1 fully saturated rings. The Hall–Kier alpha value is -1.25. The summed E-state index contributed by atoms with van der Waals surface area (Å²) >= 11 is 6.02. The molecule has 3 rings (SSSR count). The molecule has 3 N–H and O–H groups in total. The Morgan fingerprint density at radius 1 is 1.22 bits per heavy atom. The van der Waals surface area contributed by atoms with Crippen molar-refractivity contribution in [1.82, 2.24) is 0 Å². The van der Waals surface area contributed by atoms with Crippen LogP contribution in [0.3, 0.4) is 0 Å². The molecule has 94 valence electrons. The predicted octanol–water partition coefficient (Wildman–Crippen LogP) is 3.58. The zero-order valence-corrected chi connectivity index (χ0v) is 10.9. The van der Waals surface area contributed by atoms with Crippen molar-refractivity contribution in [2.45, 2.75) is 24.7 Å². The second kappa shape index (κ2) is 4.15. The van der Waals surface area contributed by atoms with Gasteiger partial charge >= 0.3 is 0 Å². The van der Waals surface area contributed by atoms with Gasteiger partial charge in [-0.1, -0.05) is 30.2 Å². The lowest BCUT2D eigenvalue weighted by Gasteiger charge is -2.42. The minimum absolute atomic E-state index is 0.0442. The molecular formula is C15H16ClNO. The van der Waals surface area contributed by atoms with Crippen molar-refractivity contribution in [3.05, 3.63) is 40.9 Å². The standard InChI is InChI=1S/C15H16ClNO/c16-11-3-4-12-10(8-11)2-5-13(18)14(12)15(9-17)6-1-7-15/h2-5,8,18H,1,6-7,9,17H2. The van der Waals surface area contributed by atoms with Gasteiger partial charge in [-0.3, -0.25) is 0 Å². The first-order valence-corrected chi connectivity index (χ1v) is 6.66. The summed E-state index contributed by atoms with van der Waals surface area (Å²) in [5, 5.41) is 13.1. The van der Waals surface area contributed by atoms with Crippen LogP contribution in [-0.2, 0) is 5.41 Å². The van der Waals surface area contributed by atoms with Gasteiger partial charge in [0.1, 0.15) is 5.75 Å². The first-order chi connectivity index (χ1) is 8.66. The molecule has 2 aromatic carbocycles. The van der Waals surface area contributed by atoms with Crippen molar-refractivity contribution in [2.75, 3.05) is 6.54 Å². The Morgan fingerprint density at radius 3 is 2.61 bits per heavy atom. The quantitative estimate of drug-likeness (QED) is 0.868. The van der Waals surface area contributed by atoms with Gasteiger partial charge in [0, 0.05) is 22.5 Å². The fourth-order valence-corrected chi connectivity index (χ4v) is 3.19. The fraction of sp³-hybridized carbons (Fsp3) is 0.333. The molecule has 18 heavy (non-hydrogen) atoms. The van der Waals surface area contributed by atoms with E-state index < -0.39 is 0 Å². The molecule has 0 amide bonds. The van der Waals surface area contributed by atoms with E-state index >= 15 is 0 Å². The number of nitrogens with two attached hydrogens (primary N) is 1. The third-order valence-electron chi connectivity index (χ3n) is 4.19. The number of benzene rings is 2. The van der Waals surface area contributed by atoms with Gasteiger partial charge < -0.3 is 10.8 Å². The molecular weight excluding hydrogens is 246 g/mol. The number of aromatic hydroxyl groups is 1. The molecule has 2 aromatic rings. The van der Waals surface area contributed by atoms with Crippen LogP contribution in [0.1, 0.15) is 24.8 Å². The predicted molar refractivity (Wildman–Crippen MR) is 75.2 cm³/mol. The molecule has 3 heteroatoms. The van der Waals surface area contributed by atoms with Crippen LogP contribution in [0.2, 0.25) is 5.02 Å². The maximum absolute atomic E-state index is 10.2. The van der Waals surface area contributed by atoms with E-state index in [4.69, 9.17) is 17.3 Å². The Morgan fingerprint density at radius 2 is 2.00 bits per heavy atom. The molecule has 0 radical (unpaired) electrons. The number of hydrogen-bond donors (Lipinski definition) is 2. The molecule has 1 aliphatic carbocycles. The van der Waals surface area contributed by atoms with E-state index in [1.807, 2.05) is 24.3 Å². The van der Waals surface area contributed by atoms with Crippen LogP contribution in [0, 0.1) is 0 Å². The number of fused-ring (bicyclic) bond motifs is 1. The second-order valence-electron chi connectivity index (χ2n) is 5.16. The Kier molecular flexibility index (Phi) is 2.72. The Bertz CT molecular complexity index is 599. The summed E-state index contributed by atoms with van der Waals surface area (Å²) in [6.07, 6.45) is 3.29. The summed E-state index contributed by atoms with van der Waals surface area (Å²) in [7, 11) is 0. The lowest BCUT2D eigenvalue weighted by molar-refractivity contribution is 0.247. The average molecular weight is 262 g/mol. The molecule has 0 aliphatic heterocycles. The molecule has 0 heterocycles. The molecule has 0 saturated heterocycles. The van der Waals surface area contributed by atoms with Crippen LogP contribution in [0.5, 0.6) is 5.75 Å². The average Bonchev–Trinajstić information content (AvgIpc) is 2.31. The SMILES string of the molecule is NCC1(c2c(O)ccc3cc(Cl)ccc23)CCC1. The van der Waals surface area contributed by atoms with Crippen molar-refractivity contribution < 1.29 is 5.11 Å². The molecule has 0 spiro atoms. The monoisotopic (exact) mass is 261 g/mol. The molecule has 2 nitrogen and oxygen atoms in total. The van der Waals surface area contributed by atoms with Gasteiger partial charge in [0.2, 0.25) is 0 Å². The van der Waals surface area contributed by atoms with Gasteiger partial charge in [0.25, 0.3) is 0 Å². The summed E-state index contributed by atoms with van der Waals surface area (Å²) in [4.78, 5) is 0. The fourth-order valence-electron chi connectivity index (χ4n) is 3.01. The first-order valence-electron chi connectivity index (χ1n) is 6.28. The lowest BCUT2D eigenvalue weighted by Crippen LogP contribution is -2.41. The minimum atomic E-state index is -0.0442. The highest BCUT2D eigenvalue weighted by atomic mass is 35.5. The van der Waals surface area contributed by atoms with Gasteiger partial charge in [-0.05, 0) is 41.8 Å². The summed E-state index contributed by atoms with van der Waals surface area (Å²) in [6.45, 7) is 0.586. The van der Waals surface area contributed by atoms with Gasteiger partial charge in [-0.15, -0.1) is 0 Å². The van der Waals surface area contributed by atoms with Crippen molar-refractivity contribution >= 4 is 22.4 Å². The Labute approximate surface area is 111 Å². The van der Waals surface area contributed by atoms with E-state index in [9.17, 15) is 5.11 Å². The van der Waals surface area contributed by atoms with Crippen LogP contribution >= 0.6 is 11.6 Å². The summed E-state index contributed by atoms with van der Waals surface area (Å²) in [5.74, 6) is 0.356. The van der Waals surface area contributed by atoms with Crippen LogP contribution in [0.25, 0.3) is 10.8 Å². The van der Waals surface area contributed by atoms with Gasteiger partial charge in [-0.2, -0.15) is 0 Å². The number of hydrogen-bond acceptors (Lipinski definition) is 2. The largest absolute Gasteiger partial charge is 0.508 e. The van der Waals surface area contributed by atoms with E-state index in [1.54, 1.807) is 6.07 Å². The third kappa shape index (κ3) is 1.60. The minimum Gasteiger partial charge on any atom is -0.508 e. The van der Waals surface area contributed by atoms with Crippen molar-refractivity contribution in [1.29, 1.82) is 0 Å². The van der Waals surface area contributed by atoms with Crippen molar-refractivity contribution in [2.24, 2.45) is 5.73 Å². The smallest absolute Gasteiger partial charge is 0.120 e. The molecule has 0 bridgehead atoms. The van der Waals surface area contributed by atoms with Crippen LogP contribution in [-0.4, -0.2) is 11.7 Å². The number of rotatable bonds is 2. The Balaban J connectivity index is 2.30. The highest BCUT2D eigenvalue weighted by molar-refractivity contribution is 6.31. The van der Waals surface area contributed by atoms with Crippen LogP contribution in [0.4, 0.5) is 0 Å². The molecule has 0 unspecified atom stereocenters. The maximum atomic E-state index is 10.2. The van der Waals surface area contributed by atoms with E-state index in [1.165, 1.54) is 6.42 Å².